The number of halogens is 1. The van der Waals surface area contributed by atoms with E-state index in [1.807, 2.05) is 55.5 Å². The third kappa shape index (κ3) is 3.43. The normalized spacial score (nSPS) is 12.0. The van der Waals surface area contributed by atoms with Crippen LogP contribution in [-0.4, -0.2) is 22.8 Å². The van der Waals surface area contributed by atoms with Crippen LogP contribution in [0.15, 0.2) is 90.3 Å². The van der Waals surface area contributed by atoms with Crippen LogP contribution in [0.1, 0.15) is 23.6 Å². The van der Waals surface area contributed by atoms with Crippen molar-refractivity contribution in [2.75, 3.05) is 7.05 Å². The van der Waals surface area contributed by atoms with Crippen LogP contribution in [0.3, 0.4) is 0 Å². The minimum absolute atomic E-state index is 0.537. The van der Waals surface area contributed by atoms with Crippen molar-refractivity contribution in [1.29, 1.82) is 0 Å². The van der Waals surface area contributed by atoms with E-state index in [1.165, 1.54) is 5.01 Å². The lowest BCUT2D eigenvalue weighted by molar-refractivity contribution is 0.0210. The first-order valence-electron chi connectivity index (χ1n) is 8.12. The molecule has 0 unspecified atom stereocenters. The van der Waals surface area contributed by atoms with Gasteiger partial charge in [0.1, 0.15) is 0 Å². The van der Waals surface area contributed by atoms with Gasteiger partial charge in [0, 0.05) is 36.1 Å². The lowest BCUT2D eigenvalue weighted by atomic mass is 9.95. The summed E-state index contributed by atoms with van der Waals surface area (Å²) in [7, 11) is 1.66. The van der Waals surface area contributed by atoms with Gasteiger partial charge in [0.25, 0.3) is 0 Å². The van der Waals surface area contributed by atoms with Crippen LogP contribution in [0.2, 0.25) is 0 Å². The van der Waals surface area contributed by atoms with E-state index in [0.717, 1.165) is 11.3 Å². The first-order valence-corrected chi connectivity index (χ1v) is 8.12. The summed E-state index contributed by atoms with van der Waals surface area (Å²) >= 11 is 0. The zero-order valence-corrected chi connectivity index (χ0v) is 14.3. The molecule has 1 heterocycles. The molecule has 0 atom stereocenters. The molecule has 0 spiro atoms. The van der Waals surface area contributed by atoms with Gasteiger partial charge in [-0.3, -0.25) is 9.99 Å². The van der Waals surface area contributed by atoms with Crippen molar-refractivity contribution in [3.05, 3.63) is 102 Å². The summed E-state index contributed by atoms with van der Waals surface area (Å²) in [4.78, 5) is 4.01. The number of alkyl halides is 1. The number of hydrogen-bond donors (Lipinski definition) is 0. The van der Waals surface area contributed by atoms with Gasteiger partial charge in [-0.05, 0) is 19.1 Å². The summed E-state index contributed by atoms with van der Waals surface area (Å²) in [6.07, 6.45) is 3.40. The average Bonchev–Trinajstić information content (AvgIpc) is 2.69. The number of hydrazone groups is 1. The Morgan fingerprint density at radius 3 is 1.84 bits per heavy atom. The molecule has 0 aliphatic heterocycles. The van der Waals surface area contributed by atoms with Crippen molar-refractivity contribution in [3.8, 4) is 0 Å². The summed E-state index contributed by atoms with van der Waals surface area (Å²) in [5, 5.41) is 5.90. The molecule has 0 saturated heterocycles. The van der Waals surface area contributed by atoms with E-state index < -0.39 is 5.79 Å². The maximum absolute atomic E-state index is 16.3. The Hall–Kier alpha value is -3.01. The molecule has 0 fully saturated rings. The van der Waals surface area contributed by atoms with Gasteiger partial charge < -0.3 is 0 Å². The highest BCUT2D eigenvalue weighted by molar-refractivity contribution is 5.98. The number of hydrogen-bond acceptors (Lipinski definition) is 3. The first-order chi connectivity index (χ1) is 12.1. The molecule has 0 saturated carbocycles. The van der Waals surface area contributed by atoms with Crippen molar-refractivity contribution in [1.82, 2.24) is 9.99 Å². The van der Waals surface area contributed by atoms with Crippen LogP contribution in [-0.2, 0) is 5.79 Å². The van der Waals surface area contributed by atoms with Gasteiger partial charge in [0.05, 0.1) is 5.71 Å². The maximum Gasteiger partial charge on any atom is 0.248 e. The molecule has 0 aliphatic carbocycles. The zero-order valence-electron chi connectivity index (χ0n) is 14.3. The van der Waals surface area contributed by atoms with Crippen molar-refractivity contribution >= 4 is 5.71 Å². The van der Waals surface area contributed by atoms with Crippen LogP contribution >= 0.6 is 0 Å². The van der Waals surface area contributed by atoms with Crippen LogP contribution in [0.4, 0.5) is 4.39 Å². The molecule has 0 bridgehead atoms. The van der Waals surface area contributed by atoms with Gasteiger partial charge >= 0.3 is 0 Å². The van der Waals surface area contributed by atoms with Crippen LogP contribution in [0.5, 0.6) is 0 Å². The number of benzene rings is 2. The summed E-state index contributed by atoms with van der Waals surface area (Å²) in [6.45, 7) is 1.86. The van der Waals surface area contributed by atoms with Gasteiger partial charge in [-0.2, -0.15) is 5.10 Å². The van der Waals surface area contributed by atoms with Crippen molar-refractivity contribution in [3.63, 3.8) is 0 Å². The Balaban J connectivity index is 2.06. The Morgan fingerprint density at radius 1 is 0.880 bits per heavy atom. The summed E-state index contributed by atoms with van der Waals surface area (Å²) in [5.74, 6) is -1.86. The Morgan fingerprint density at radius 2 is 1.36 bits per heavy atom. The maximum atomic E-state index is 16.3. The number of nitrogens with zero attached hydrogens (tertiary/aromatic N) is 3. The van der Waals surface area contributed by atoms with Gasteiger partial charge in [-0.15, -0.1) is 0 Å². The molecule has 0 radical (unpaired) electrons. The molecule has 3 aromatic rings. The second kappa shape index (κ2) is 7.26. The van der Waals surface area contributed by atoms with Crippen LogP contribution < -0.4 is 0 Å². The quantitative estimate of drug-likeness (QED) is 0.387. The zero-order chi connectivity index (χ0) is 17.7. The molecule has 0 N–H and O–H groups in total. The van der Waals surface area contributed by atoms with E-state index in [1.54, 1.807) is 43.7 Å². The Bertz CT molecular complexity index is 793. The number of pyridine rings is 1. The molecule has 4 heteroatoms. The molecule has 0 amide bonds. The molecule has 2 aromatic carbocycles. The largest absolute Gasteiger partial charge is 0.265 e. The topological polar surface area (TPSA) is 28.5 Å². The highest BCUT2D eigenvalue weighted by atomic mass is 19.1. The fraction of sp³-hybridized carbons (Fsp3) is 0.143. The van der Waals surface area contributed by atoms with Gasteiger partial charge in [0.2, 0.25) is 5.79 Å². The highest BCUT2D eigenvalue weighted by Crippen LogP contribution is 2.37. The molecule has 1 aromatic heterocycles. The molecule has 25 heavy (non-hydrogen) atoms. The smallest absolute Gasteiger partial charge is 0.248 e. The Labute approximate surface area is 147 Å². The van der Waals surface area contributed by atoms with Crippen molar-refractivity contribution in [2.45, 2.75) is 12.7 Å². The minimum Gasteiger partial charge on any atom is -0.265 e. The predicted molar refractivity (Wildman–Crippen MR) is 99.0 cm³/mol. The third-order valence-electron chi connectivity index (χ3n) is 4.16. The van der Waals surface area contributed by atoms with Crippen LogP contribution in [0, 0.1) is 0 Å². The van der Waals surface area contributed by atoms with Crippen LogP contribution in [0.25, 0.3) is 0 Å². The number of rotatable bonds is 5. The molecule has 126 valence electrons. The Kier molecular flexibility index (Phi) is 4.89. The average molecular weight is 333 g/mol. The molecular weight excluding hydrogens is 313 g/mol. The minimum atomic E-state index is -1.86. The highest BCUT2D eigenvalue weighted by Gasteiger charge is 2.38. The van der Waals surface area contributed by atoms with Gasteiger partial charge in [-0.25, -0.2) is 4.39 Å². The molecule has 3 nitrogen and oxygen atoms in total. The van der Waals surface area contributed by atoms with E-state index in [0.29, 0.717) is 11.1 Å². The monoisotopic (exact) mass is 333 g/mol. The lowest BCUT2D eigenvalue weighted by Crippen LogP contribution is -2.38. The molecule has 0 aliphatic rings. The second-order valence-corrected chi connectivity index (χ2v) is 5.80. The van der Waals surface area contributed by atoms with Gasteiger partial charge in [-0.1, -0.05) is 60.7 Å². The first kappa shape index (κ1) is 16.8. The molecular formula is C21H20FN3. The SMILES string of the molecule is CC(=NN(C)C(F)(c1ccccc1)c1ccccc1)c1ccncc1. The van der Waals surface area contributed by atoms with E-state index in [2.05, 4.69) is 10.1 Å². The third-order valence-corrected chi connectivity index (χ3v) is 4.16. The summed E-state index contributed by atoms with van der Waals surface area (Å²) < 4.78 is 16.3. The van der Waals surface area contributed by atoms with E-state index >= 15 is 4.39 Å². The summed E-state index contributed by atoms with van der Waals surface area (Å²) in [5.41, 5.74) is 2.70. The molecule has 3 rings (SSSR count). The number of aromatic nitrogens is 1. The second-order valence-electron chi connectivity index (χ2n) is 5.80. The lowest BCUT2D eigenvalue weighted by Gasteiger charge is -2.34. The fourth-order valence-corrected chi connectivity index (χ4v) is 2.80. The standard InChI is InChI=1S/C21H20FN3/c1-17(18-13-15-23-16-14-18)24-25(2)21(22,19-9-5-3-6-10-19)20-11-7-4-8-12-20/h3-16H,1-2H3. The van der Waals surface area contributed by atoms with E-state index in [4.69, 9.17) is 0 Å². The van der Waals surface area contributed by atoms with Crippen molar-refractivity contribution < 1.29 is 4.39 Å². The predicted octanol–water partition coefficient (Wildman–Crippen LogP) is 4.61. The fourth-order valence-electron chi connectivity index (χ4n) is 2.80. The van der Waals surface area contributed by atoms with E-state index in [-0.39, 0.29) is 0 Å². The van der Waals surface area contributed by atoms with Crippen molar-refractivity contribution in [2.24, 2.45) is 5.10 Å². The van der Waals surface area contributed by atoms with Gasteiger partial charge in [0.15, 0.2) is 0 Å². The van der Waals surface area contributed by atoms with E-state index in [9.17, 15) is 0 Å². The summed E-state index contributed by atoms with van der Waals surface area (Å²) in [6, 6.07) is 21.9.